The molecule has 0 bridgehead atoms. The standard InChI is InChI=1S/C10H16BrN/c1-8(2)10(11)7-6-9(3)12(4)5/h6-7H,3H2,1-2,4-5H3/b7-6-. The summed E-state index contributed by atoms with van der Waals surface area (Å²) in [5, 5.41) is 0. The second-order valence-electron chi connectivity index (χ2n) is 3.07. The zero-order valence-electron chi connectivity index (χ0n) is 8.19. The summed E-state index contributed by atoms with van der Waals surface area (Å²) in [5.41, 5.74) is 2.26. The van der Waals surface area contributed by atoms with Crippen LogP contribution < -0.4 is 0 Å². The molecule has 0 aliphatic heterocycles. The predicted molar refractivity (Wildman–Crippen MR) is 59.3 cm³/mol. The van der Waals surface area contributed by atoms with Crippen LogP contribution in [0.15, 0.2) is 34.5 Å². The second kappa shape index (κ2) is 5.20. The van der Waals surface area contributed by atoms with E-state index in [9.17, 15) is 0 Å². The van der Waals surface area contributed by atoms with E-state index in [1.807, 2.05) is 31.1 Å². The lowest BCUT2D eigenvalue weighted by atomic mass is 10.3. The van der Waals surface area contributed by atoms with E-state index in [2.05, 4.69) is 36.4 Å². The van der Waals surface area contributed by atoms with Crippen LogP contribution in [-0.2, 0) is 0 Å². The number of halogens is 1. The first kappa shape index (κ1) is 11.5. The Labute approximate surface area is 83.6 Å². The molecule has 0 atom stereocenters. The number of allylic oxidation sites excluding steroid dienone is 4. The number of hydrogen-bond donors (Lipinski definition) is 0. The van der Waals surface area contributed by atoms with Gasteiger partial charge >= 0.3 is 0 Å². The minimum Gasteiger partial charge on any atom is -0.378 e. The largest absolute Gasteiger partial charge is 0.378 e. The lowest BCUT2D eigenvalue weighted by Gasteiger charge is -2.10. The molecule has 0 N–H and O–H groups in total. The van der Waals surface area contributed by atoms with Crippen LogP contribution in [0.5, 0.6) is 0 Å². The summed E-state index contributed by atoms with van der Waals surface area (Å²) in [6.45, 7) is 8.01. The summed E-state index contributed by atoms with van der Waals surface area (Å²) in [7, 11) is 3.95. The molecule has 1 nitrogen and oxygen atoms in total. The lowest BCUT2D eigenvalue weighted by Crippen LogP contribution is -2.07. The van der Waals surface area contributed by atoms with Crippen molar-refractivity contribution in [2.75, 3.05) is 14.1 Å². The maximum absolute atomic E-state index is 3.88. The van der Waals surface area contributed by atoms with Gasteiger partial charge in [0.2, 0.25) is 0 Å². The van der Waals surface area contributed by atoms with Crippen molar-refractivity contribution >= 4 is 15.9 Å². The molecule has 0 aliphatic rings. The van der Waals surface area contributed by atoms with Gasteiger partial charge in [0.1, 0.15) is 0 Å². The smallest absolute Gasteiger partial charge is 0.0288 e. The molecular formula is C10H16BrN. The molecule has 0 aromatic heterocycles. The molecule has 0 radical (unpaired) electrons. The molecule has 0 aromatic carbocycles. The normalized spacial score (nSPS) is 10.1. The van der Waals surface area contributed by atoms with Crippen molar-refractivity contribution in [3.8, 4) is 0 Å². The fraction of sp³-hybridized carbons (Fsp3) is 0.400. The third-order valence-corrected chi connectivity index (χ3v) is 2.53. The van der Waals surface area contributed by atoms with E-state index in [0.29, 0.717) is 0 Å². The van der Waals surface area contributed by atoms with Crippen LogP contribution in [0.3, 0.4) is 0 Å². The maximum atomic E-state index is 3.88. The Balaban J connectivity index is 4.27. The van der Waals surface area contributed by atoms with E-state index in [1.165, 1.54) is 5.57 Å². The van der Waals surface area contributed by atoms with Crippen LogP contribution >= 0.6 is 15.9 Å². The van der Waals surface area contributed by atoms with Gasteiger partial charge in [0.15, 0.2) is 0 Å². The minimum atomic E-state index is 0.994. The van der Waals surface area contributed by atoms with E-state index in [-0.39, 0.29) is 0 Å². The summed E-state index contributed by atoms with van der Waals surface area (Å²) < 4.78 is 1.12. The van der Waals surface area contributed by atoms with Gasteiger partial charge in [0, 0.05) is 24.3 Å². The van der Waals surface area contributed by atoms with Crippen molar-refractivity contribution < 1.29 is 0 Å². The highest BCUT2D eigenvalue weighted by Gasteiger charge is 1.90. The van der Waals surface area contributed by atoms with Gasteiger partial charge < -0.3 is 4.90 Å². The molecule has 0 fully saturated rings. The van der Waals surface area contributed by atoms with Crippen molar-refractivity contribution in [1.29, 1.82) is 0 Å². The van der Waals surface area contributed by atoms with Gasteiger partial charge in [-0.3, -0.25) is 0 Å². The molecule has 0 spiro atoms. The van der Waals surface area contributed by atoms with E-state index >= 15 is 0 Å². The van der Waals surface area contributed by atoms with Gasteiger partial charge in [0.25, 0.3) is 0 Å². The van der Waals surface area contributed by atoms with Gasteiger partial charge in [0.05, 0.1) is 0 Å². The highest BCUT2D eigenvalue weighted by atomic mass is 79.9. The van der Waals surface area contributed by atoms with E-state index in [1.54, 1.807) is 0 Å². The summed E-state index contributed by atoms with van der Waals surface area (Å²) in [6, 6.07) is 0. The van der Waals surface area contributed by atoms with Gasteiger partial charge in [-0.1, -0.05) is 28.1 Å². The fourth-order valence-corrected chi connectivity index (χ4v) is 0.617. The molecule has 68 valence electrons. The minimum absolute atomic E-state index is 0.994. The SMILES string of the molecule is C=C(/C=C\C(Br)=C(C)C)N(C)C. The van der Waals surface area contributed by atoms with Crippen molar-refractivity contribution in [1.82, 2.24) is 4.90 Å². The Morgan fingerprint density at radius 3 is 2.08 bits per heavy atom. The molecule has 0 unspecified atom stereocenters. The van der Waals surface area contributed by atoms with Gasteiger partial charge in [-0.2, -0.15) is 0 Å². The maximum Gasteiger partial charge on any atom is 0.0288 e. The Morgan fingerprint density at radius 1 is 1.25 bits per heavy atom. The fourth-order valence-electron chi connectivity index (χ4n) is 0.485. The Morgan fingerprint density at radius 2 is 1.75 bits per heavy atom. The highest BCUT2D eigenvalue weighted by Crippen LogP contribution is 2.13. The van der Waals surface area contributed by atoms with Crippen LogP contribution in [0.1, 0.15) is 13.8 Å². The number of likely N-dealkylation sites (N-methyl/N-ethyl adjacent to an activating group) is 1. The van der Waals surface area contributed by atoms with E-state index in [0.717, 1.165) is 10.2 Å². The molecule has 12 heavy (non-hydrogen) atoms. The lowest BCUT2D eigenvalue weighted by molar-refractivity contribution is 0.532. The van der Waals surface area contributed by atoms with Crippen LogP contribution in [0.2, 0.25) is 0 Å². The zero-order valence-corrected chi connectivity index (χ0v) is 9.77. The molecule has 0 amide bonds. The van der Waals surface area contributed by atoms with Gasteiger partial charge in [-0.15, -0.1) is 0 Å². The predicted octanol–water partition coefficient (Wildman–Crippen LogP) is 3.31. The second-order valence-corrected chi connectivity index (χ2v) is 3.92. The average molecular weight is 230 g/mol. The quantitative estimate of drug-likeness (QED) is 0.672. The first-order valence-electron chi connectivity index (χ1n) is 3.82. The van der Waals surface area contributed by atoms with Crippen molar-refractivity contribution in [3.05, 3.63) is 34.5 Å². The highest BCUT2D eigenvalue weighted by molar-refractivity contribution is 9.11. The van der Waals surface area contributed by atoms with E-state index < -0.39 is 0 Å². The Bertz CT molecular complexity index is 220. The molecule has 0 saturated heterocycles. The molecule has 2 heteroatoms. The summed E-state index contributed by atoms with van der Waals surface area (Å²) >= 11 is 3.45. The van der Waals surface area contributed by atoms with Crippen LogP contribution in [-0.4, -0.2) is 19.0 Å². The topological polar surface area (TPSA) is 3.24 Å². The molecule has 0 rings (SSSR count). The summed E-state index contributed by atoms with van der Waals surface area (Å²) in [5.74, 6) is 0. The molecule has 0 aliphatic carbocycles. The molecule has 0 saturated carbocycles. The van der Waals surface area contributed by atoms with Crippen LogP contribution in [0, 0.1) is 0 Å². The van der Waals surface area contributed by atoms with Crippen molar-refractivity contribution in [2.45, 2.75) is 13.8 Å². The van der Waals surface area contributed by atoms with Crippen LogP contribution in [0.4, 0.5) is 0 Å². The van der Waals surface area contributed by atoms with Crippen LogP contribution in [0.25, 0.3) is 0 Å². The third kappa shape index (κ3) is 4.39. The number of nitrogens with zero attached hydrogens (tertiary/aromatic N) is 1. The van der Waals surface area contributed by atoms with Crippen molar-refractivity contribution in [2.24, 2.45) is 0 Å². The Kier molecular flexibility index (Phi) is 4.98. The first-order chi connectivity index (χ1) is 5.45. The first-order valence-corrected chi connectivity index (χ1v) is 4.61. The zero-order chi connectivity index (χ0) is 9.72. The average Bonchev–Trinajstić information content (AvgIpc) is 1.98. The summed E-state index contributed by atoms with van der Waals surface area (Å²) in [4.78, 5) is 1.97. The van der Waals surface area contributed by atoms with Crippen molar-refractivity contribution in [3.63, 3.8) is 0 Å². The number of rotatable bonds is 3. The van der Waals surface area contributed by atoms with Gasteiger partial charge in [-0.25, -0.2) is 0 Å². The van der Waals surface area contributed by atoms with Gasteiger partial charge in [-0.05, 0) is 26.0 Å². The third-order valence-electron chi connectivity index (χ3n) is 1.47. The number of hydrogen-bond acceptors (Lipinski definition) is 1. The molecule has 0 heterocycles. The summed E-state index contributed by atoms with van der Waals surface area (Å²) in [6.07, 6.45) is 3.99. The Hall–Kier alpha value is -0.500. The monoisotopic (exact) mass is 229 g/mol. The van der Waals surface area contributed by atoms with E-state index in [4.69, 9.17) is 0 Å². The molecule has 0 aromatic rings. The molecular weight excluding hydrogens is 214 g/mol.